The van der Waals surface area contributed by atoms with Crippen molar-refractivity contribution < 1.29 is 13.5 Å². The number of halogens is 2. The summed E-state index contributed by atoms with van der Waals surface area (Å²) in [5.41, 5.74) is 0.637. The first-order chi connectivity index (χ1) is 10.6. The third-order valence-corrected chi connectivity index (χ3v) is 3.29. The van der Waals surface area contributed by atoms with Gasteiger partial charge in [0.2, 0.25) is 0 Å². The average Bonchev–Trinajstić information content (AvgIpc) is 3.00. The van der Waals surface area contributed by atoms with Gasteiger partial charge in [0, 0.05) is 18.8 Å². The van der Waals surface area contributed by atoms with E-state index in [2.05, 4.69) is 10.6 Å². The van der Waals surface area contributed by atoms with Crippen LogP contribution in [0.25, 0.3) is 0 Å². The number of benzene rings is 1. The zero-order chi connectivity index (χ0) is 15.8. The fourth-order valence-electron chi connectivity index (χ4n) is 1.69. The molecule has 1 aromatic heterocycles. The monoisotopic (exact) mass is 342 g/mol. The topological polar surface area (TPSA) is 46.4 Å². The van der Waals surface area contributed by atoms with Crippen molar-refractivity contribution >= 4 is 34.6 Å². The molecule has 0 spiro atoms. The van der Waals surface area contributed by atoms with Crippen molar-refractivity contribution in [3.05, 3.63) is 53.2 Å². The maximum absolute atomic E-state index is 13.0. The molecular weight excluding hydrogens is 327 g/mol. The van der Waals surface area contributed by atoms with Crippen LogP contribution in [-0.4, -0.2) is 18.3 Å². The third-order valence-electron chi connectivity index (χ3n) is 2.75. The average molecular weight is 343 g/mol. The summed E-state index contributed by atoms with van der Waals surface area (Å²) in [6.45, 7) is 1.72. The minimum absolute atomic E-state index is 0.0547. The van der Waals surface area contributed by atoms with Gasteiger partial charge in [0.05, 0.1) is 11.3 Å². The molecule has 4 nitrogen and oxygen atoms in total. The predicted molar refractivity (Wildman–Crippen MR) is 88.6 cm³/mol. The van der Waals surface area contributed by atoms with Gasteiger partial charge in [-0.3, -0.25) is 0 Å². The van der Waals surface area contributed by atoms with Crippen LogP contribution in [0.2, 0.25) is 5.02 Å². The second kappa shape index (κ2) is 8.73. The molecule has 0 radical (unpaired) electrons. The van der Waals surface area contributed by atoms with Crippen LogP contribution in [-0.2, 0) is 11.3 Å². The van der Waals surface area contributed by atoms with Crippen LogP contribution < -0.4 is 10.6 Å². The molecule has 2 N–H and O–H groups in total. The molecule has 0 fully saturated rings. The Morgan fingerprint density at radius 1 is 1.36 bits per heavy atom. The molecule has 0 atom stereocenters. The Balaban J connectivity index is 1.58. The first-order valence-corrected chi connectivity index (χ1v) is 7.54. The Morgan fingerprint density at radius 3 is 2.95 bits per heavy atom. The lowest BCUT2D eigenvalue weighted by atomic mass is 10.3. The van der Waals surface area contributed by atoms with Gasteiger partial charge in [-0.15, -0.1) is 0 Å². The van der Waals surface area contributed by atoms with E-state index in [1.165, 1.54) is 12.1 Å². The van der Waals surface area contributed by atoms with Crippen molar-refractivity contribution in [2.24, 2.45) is 0 Å². The van der Waals surface area contributed by atoms with Gasteiger partial charge >= 0.3 is 0 Å². The lowest BCUT2D eigenvalue weighted by molar-refractivity contribution is 0.105. The fourth-order valence-corrected chi connectivity index (χ4v) is 2.09. The van der Waals surface area contributed by atoms with E-state index < -0.39 is 5.82 Å². The number of hydrogen-bond acceptors (Lipinski definition) is 3. The summed E-state index contributed by atoms with van der Waals surface area (Å²) >= 11 is 10.8. The summed E-state index contributed by atoms with van der Waals surface area (Å²) in [4.78, 5) is 0. The Labute approximate surface area is 138 Å². The summed E-state index contributed by atoms with van der Waals surface area (Å²) in [5, 5.41) is 6.48. The van der Waals surface area contributed by atoms with Gasteiger partial charge < -0.3 is 19.8 Å². The molecule has 0 bridgehead atoms. The van der Waals surface area contributed by atoms with E-state index in [0.717, 1.165) is 12.2 Å². The summed E-state index contributed by atoms with van der Waals surface area (Å²) < 4.78 is 23.6. The van der Waals surface area contributed by atoms with Crippen molar-refractivity contribution in [3.8, 4) is 0 Å². The van der Waals surface area contributed by atoms with Crippen LogP contribution in [0.3, 0.4) is 0 Å². The highest BCUT2D eigenvalue weighted by Gasteiger charge is 2.02. The molecule has 0 unspecified atom stereocenters. The zero-order valence-electron chi connectivity index (χ0n) is 11.8. The molecular formula is C15H16ClFN2O2S. The minimum Gasteiger partial charge on any atom is -0.467 e. The molecule has 7 heteroatoms. The lowest BCUT2D eigenvalue weighted by Crippen LogP contribution is -2.29. The smallest absolute Gasteiger partial charge is 0.170 e. The third kappa shape index (κ3) is 5.63. The molecule has 0 saturated heterocycles. The van der Waals surface area contributed by atoms with Crippen LogP contribution in [0.4, 0.5) is 10.1 Å². The quantitative estimate of drug-likeness (QED) is 0.589. The fraction of sp³-hybridized carbons (Fsp3) is 0.267. The molecule has 0 aliphatic carbocycles. The molecule has 0 aliphatic heterocycles. The highest BCUT2D eigenvalue weighted by Crippen LogP contribution is 2.19. The molecule has 0 aliphatic rings. The lowest BCUT2D eigenvalue weighted by Gasteiger charge is -2.11. The normalized spacial score (nSPS) is 10.5. The van der Waals surface area contributed by atoms with Crippen molar-refractivity contribution in [2.45, 2.75) is 13.0 Å². The second-order valence-electron chi connectivity index (χ2n) is 4.50. The van der Waals surface area contributed by atoms with Crippen molar-refractivity contribution in [1.82, 2.24) is 5.32 Å². The minimum atomic E-state index is -0.459. The van der Waals surface area contributed by atoms with E-state index >= 15 is 0 Å². The number of anilines is 1. The molecule has 118 valence electrons. The maximum atomic E-state index is 13.0. The Kier molecular flexibility index (Phi) is 6.64. The van der Waals surface area contributed by atoms with Gasteiger partial charge in [-0.1, -0.05) is 11.6 Å². The second-order valence-corrected chi connectivity index (χ2v) is 5.31. The van der Waals surface area contributed by atoms with E-state index in [9.17, 15) is 4.39 Å². The van der Waals surface area contributed by atoms with Crippen LogP contribution in [0, 0.1) is 5.82 Å². The van der Waals surface area contributed by atoms with Crippen LogP contribution in [0.5, 0.6) is 0 Å². The SMILES string of the molecule is Fc1ccc(NC(=S)NCCCOCc2ccco2)cc1Cl. The van der Waals surface area contributed by atoms with Gasteiger partial charge in [0.15, 0.2) is 5.11 Å². The standard InChI is InChI=1S/C15H16ClFN2O2S/c16-13-9-11(4-5-14(13)17)19-15(22)18-6-2-7-20-10-12-3-1-8-21-12/h1,3-5,8-9H,2,6-7,10H2,(H2,18,19,22). The Bertz CT molecular complexity index is 608. The molecule has 22 heavy (non-hydrogen) atoms. The summed E-state index contributed by atoms with van der Waals surface area (Å²) in [5.74, 6) is 0.345. The van der Waals surface area contributed by atoms with Gasteiger partial charge in [-0.25, -0.2) is 4.39 Å². The summed E-state index contributed by atoms with van der Waals surface area (Å²) in [7, 11) is 0. The highest BCUT2D eigenvalue weighted by molar-refractivity contribution is 7.80. The molecule has 0 saturated carbocycles. The zero-order valence-corrected chi connectivity index (χ0v) is 13.3. The van der Waals surface area contributed by atoms with Crippen molar-refractivity contribution in [3.63, 3.8) is 0 Å². The molecule has 2 rings (SSSR count). The summed E-state index contributed by atoms with van der Waals surface area (Å²) in [6, 6.07) is 8.03. The highest BCUT2D eigenvalue weighted by atomic mass is 35.5. The van der Waals surface area contributed by atoms with Crippen LogP contribution >= 0.6 is 23.8 Å². The van der Waals surface area contributed by atoms with E-state index in [1.807, 2.05) is 12.1 Å². The van der Waals surface area contributed by atoms with E-state index in [-0.39, 0.29) is 5.02 Å². The predicted octanol–water partition coefficient (Wildman–Crippen LogP) is 3.97. The molecule has 1 heterocycles. The molecule has 0 amide bonds. The van der Waals surface area contributed by atoms with E-state index in [0.29, 0.717) is 30.6 Å². The Hall–Kier alpha value is -1.63. The summed E-state index contributed by atoms with van der Waals surface area (Å²) in [6.07, 6.45) is 2.42. The molecule has 2 aromatic rings. The van der Waals surface area contributed by atoms with Crippen molar-refractivity contribution in [1.29, 1.82) is 0 Å². The van der Waals surface area contributed by atoms with Crippen LogP contribution in [0.15, 0.2) is 41.0 Å². The number of furan rings is 1. The first kappa shape index (κ1) is 16.7. The number of nitrogens with one attached hydrogen (secondary N) is 2. The number of ether oxygens (including phenoxy) is 1. The largest absolute Gasteiger partial charge is 0.467 e. The number of rotatable bonds is 7. The van der Waals surface area contributed by atoms with Gasteiger partial charge in [0.25, 0.3) is 0 Å². The van der Waals surface area contributed by atoms with Crippen LogP contribution in [0.1, 0.15) is 12.2 Å². The van der Waals surface area contributed by atoms with E-state index in [1.54, 1.807) is 12.3 Å². The number of hydrogen-bond donors (Lipinski definition) is 2. The van der Waals surface area contributed by atoms with Gasteiger partial charge in [-0.2, -0.15) is 0 Å². The maximum Gasteiger partial charge on any atom is 0.170 e. The Morgan fingerprint density at radius 2 is 2.23 bits per heavy atom. The van der Waals surface area contributed by atoms with Gasteiger partial charge in [0.1, 0.15) is 18.2 Å². The first-order valence-electron chi connectivity index (χ1n) is 6.75. The number of thiocarbonyl (C=S) groups is 1. The van der Waals surface area contributed by atoms with E-state index in [4.69, 9.17) is 33.0 Å². The molecule has 1 aromatic carbocycles. The van der Waals surface area contributed by atoms with Crippen molar-refractivity contribution in [2.75, 3.05) is 18.5 Å². The van der Waals surface area contributed by atoms with Gasteiger partial charge in [-0.05, 0) is 49.0 Å².